The molecule has 0 radical (unpaired) electrons. The molecule has 0 aliphatic heterocycles. The van der Waals surface area contributed by atoms with Crippen molar-refractivity contribution in [1.29, 1.82) is 0 Å². The van der Waals surface area contributed by atoms with Gasteiger partial charge in [0, 0.05) is 5.69 Å². The number of pyridine rings is 1. The molecule has 0 unspecified atom stereocenters. The van der Waals surface area contributed by atoms with Gasteiger partial charge in [0.25, 0.3) is 0 Å². The van der Waals surface area contributed by atoms with Crippen LogP contribution in [-0.2, 0) is 0 Å². The molecule has 0 saturated heterocycles. The van der Waals surface area contributed by atoms with E-state index >= 15 is 0 Å². The minimum absolute atomic E-state index is 0.167. The summed E-state index contributed by atoms with van der Waals surface area (Å²) >= 11 is 5.48. The van der Waals surface area contributed by atoms with E-state index in [1.807, 2.05) is 25.1 Å². The Hall–Kier alpha value is -1.94. The molecule has 23 heavy (non-hydrogen) atoms. The van der Waals surface area contributed by atoms with Crippen molar-refractivity contribution in [2.75, 3.05) is 5.32 Å². The molecule has 0 aliphatic rings. The lowest BCUT2D eigenvalue weighted by atomic mass is 9.92. The first kappa shape index (κ1) is 17.4. The molecule has 4 heteroatoms. The second-order valence-electron chi connectivity index (χ2n) is 6.34. The summed E-state index contributed by atoms with van der Waals surface area (Å²) < 4.78 is 0. The molecule has 0 aliphatic carbocycles. The van der Waals surface area contributed by atoms with Crippen LogP contribution in [0, 0.1) is 26.7 Å². The van der Waals surface area contributed by atoms with Crippen LogP contribution in [0.4, 0.5) is 5.82 Å². The lowest BCUT2D eigenvalue weighted by Crippen LogP contribution is -2.35. The maximum atomic E-state index is 5.48. The number of thiocarbonyl (C=S) groups is 1. The van der Waals surface area contributed by atoms with Crippen molar-refractivity contribution in [1.82, 2.24) is 10.3 Å². The number of rotatable bonds is 4. The number of hydrogen-bond acceptors (Lipinski definition) is 2. The Bertz CT molecular complexity index is 695. The fourth-order valence-corrected chi connectivity index (χ4v) is 2.92. The Morgan fingerprint density at radius 1 is 1.09 bits per heavy atom. The number of hydrogen-bond donors (Lipinski definition) is 2. The van der Waals surface area contributed by atoms with Gasteiger partial charge in [-0.1, -0.05) is 43.7 Å². The quantitative estimate of drug-likeness (QED) is 0.799. The molecule has 3 nitrogen and oxygen atoms in total. The smallest absolute Gasteiger partial charge is 0.172 e. The van der Waals surface area contributed by atoms with Gasteiger partial charge in [-0.2, -0.15) is 0 Å². The van der Waals surface area contributed by atoms with Crippen molar-refractivity contribution in [2.24, 2.45) is 5.92 Å². The summed E-state index contributed by atoms with van der Waals surface area (Å²) in [6, 6.07) is 12.6. The summed E-state index contributed by atoms with van der Waals surface area (Å²) in [5.74, 6) is 1.19. The van der Waals surface area contributed by atoms with Crippen LogP contribution in [0.5, 0.6) is 0 Å². The normalized spacial score (nSPS) is 12.1. The summed E-state index contributed by atoms with van der Waals surface area (Å²) in [5.41, 5.74) is 4.81. The highest BCUT2D eigenvalue weighted by molar-refractivity contribution is 7.80. The van der Waals surface area contributed by atoms with E-state index in [1.165, 1.54) is 16.7 Å². The summed E-state index contributed by atoms with van der Waals surface area (Å²) in [4.78, 5) is 4.43. The minimum Gasteiger partial charge on any atom is -0.355 e. The third kappa shape index (κ3) is 4.76. The van der Waals surface area contributed by atoms with Gasteiger partial charge in [-0.05, 0) is 62.2 Å². The largest absolute Gasteiger partial charge is 0.355 e. The van der Waals surface area contributed by atoms with Crippen LogP contribution in [0.2, 0.25) is 0 Å². The van der Waals surface area contributed by atoms with E-state index < -0.39 is 0 Å². The topological polar surface area (TPSA) is 37.0 Å². The van der Waals surface area contributed by atoms with Crippen LogP contribution in [0.3, 0.4) is 0 Å². The monoisotopic (exact) mass is 327 g/mol. The Morgan fingerprint density at radius 2 is 1.83 bits per heavy atom. The predicted octanol–water partition coefficient (Wildman–Crippen LogP) is 4.69. The highest BCUT2D eigenvalue weighted by Crippen LogP contribution is 2.25. The van der Waals surface area contributed by atoms with Crippen molar-refractivity contribution in [3.05, 3.63) is 58.8 Å². The third-order valence-electron chi connectivity index (χ3n) is 3.84. The summed E-state index contributed by atoms with van der Waals surface area (Å²) in [7, 11) is 0. The van der Waals surface area contributed by atoms with E-state index in [4.69, 9.17) is 12.2 Å². The third-order valence-corrected chi connectivity index (χ3v) is 4.06. The highest BCUT2D eigenvalue weighted by Gasteiger charge is 2.18. The Morgan fingerprint density at radius 3 is 2.43 bits per heavy atom. The van der Waals surface area contributed by atoms with Crippen LogP contribution >= 0.6 is 12.2 Å². The van der Waals surface area contributed by atoms with E-state index in [1.54, 1.807) is 0 Å². The average molecular weight is 327 g/mol. The Labute approximate surface area is 144 Å². The molecule has 0 saturated carbocycles. The molecular formula is C19H25N3S. The van der Waals surface area contributed by atoms with Crippen molar-refractivity contribution < 1.29 is 0 Å². The van der Waals surface area contributed by atoms with Crippen LogP contribution in [0.1, 0.15) is 42.3 Å². The van der Waals surface area contributed by atoms with Crippen molar-refractivity contribution >= 4 is 23.1 Å². The van der Waals surface area contributed by atoms with Gasteiger partial charge in [-0.25, -0.2) is 4.98 Å². The average Bonchev–Trinajstić information content (AvgIpc) is 2.45. The zero-order valence-corrected chi connectivity index (χ0v) is 15.3. The van der Waals surface area contributed by atoms with Crippen molar-refractivity contribution in [2.45, 2.75) is 40.7 Å². The molecule has 0 spiro atoms. The summed E-state index contributed by atoms with van der Waals surface area (Å²) in [6.45, 7) is 10.6. The lowest BCUT2D eigenvalue weighted by Gasteiger charge is -2.26. The van der Waals surface area contributed by atoms with Gasteiger partial charge in [0.15, 0.2) is 5.11 Å². The number of benzene rings is 1. The Kier molecular flexibility index (Phi) is 5.72. The maximum absolute atomic E-state index is 5.48. The van der Waals surface area contributed by atoms with Gasteiger partial charge in [0.2, 0.25) is 0 Å². The molecule has 2 N–H and O–H groups in total. The van der Waals surface area contributed by atoms with E-state index in [2.05, 4.69) is 61.5 Å². The number of nitrogens with zero attached hydrogens (tertiary/aromatic N) is 1. The van der Waals surface area contributed by atoms with Gasteiger partial charge in [0.05, 0.1) is 6.04 Å². The first-order valence-corrected chi connectivity index (χ1v) is 8.36. The van der Waals surface area contributed by atoms with E-state index in [9.17, 15) is 0 Å². The van der Waals surface area contributed by atoms with Crippen molar-refractivity contribution in [3.8, 4) is 0 Å². The zero-order chi connectivity index (χ0) is 17.0. The predicted molar refractivity (Wildman–Crippen MR) is 102 cm³/mol. The number of aromatic nitrogens is 1. The van der Waals surface area contributed by atoms with Gasteiger partial charge in [-0.15, -0.1) is 0 Å². The number of anilines is 1. The summed E-state index contributed by atoms with van der Waals surface area (Å²) in [6.07, 6.45) is 0. The van der Waals surface area contributed by atoms with Gasteiger partial charge in [0.1, 0.15) is 5.82 Å². The number of aryl methyl sites for hydroxylation is 3. The Balaban J connectivity index is 2.14. The zero-order valence-electron chi connectivity index (χ0n) is 14.5. The van der Waals surface area contributed by atoms with Crippen LogP contribution in [0.25, 0.3) is 0 Å². The fourth-order valence-electron chi connectivity index (χ4n) is 2.68. The van der Waals surface area contributed by atoms with E-state index in [0.717, 1.165) is 11.5 Å². The summed E-state index contributed by atoms with van der Waals surface area (Å²) in [5, 5.41) is 7.22. The maximum Gasteiger partial charge on any atom is 0.172 e. The number of nitrogens with one attached hydrogen (secondary N) is 2. The van der Waals surface area contributed by atoms with Crippen LogP contribution in [0.15, 0.2) is 36.4 Å². The first-order chi connectivity index (χ1) is 10.9. The van der Waals surface area contributed by atoms with Crippen molar-refractivity contribution in [3.63, 3.8) is 0 Å². The molecular weight excluding hydrogens is 302 g/mol. The molecule has 0 fully saturated rings. The molecule has 1 aromatic carbocycles. The van der Waals surface area contributed by atoms with E-state index in [0.29, 0.717) is 11.0 Å². The van der Waals surface area contributed by atoms with Crippen LogP contribution < -0.4 is 10.6 Å². The van der Waals surface area contributed by atoms with E-state index in [-0.39, 0.29) is 6.04 Å². The molecule has 122 valence electrons. The lowest BCUT2D eigenvalue weighted by molar-refractivity contribution is 0.471. The second-order valence-corrected chi connectivity index (χ2v) is 6.75. The fraction of sp³-hybridized carbons (Fsp3) is 0.368. The SMILES string of the molecule is Cc1ccc([C@H](NC(=S)Nc2cccc(C)n2)C(C)C)c(C)c1. The first-order valence-electron chi connectivity index (χ1n) is 7.95. The van der Waals surface area contributed by atoms with Crippen LogP contribution in [-0.4, -0.2) is 10.1 Å². The van der Waals surface area contributed by atoms with Gasteiger partial charge >= 0.3 is 0 Å². The minimum atomic E-state index is 0.167. The molecule has 0 amide bonds. The molecule has 0 bridgehead atoms. The molecule has 1 aromatic heterocycles. The standard InChI is InChI=1S/C19H25N3S/c1-12(2)18(16-10-9-13(3)11-14(16)4)22-19(23)21-17-8-6-7-15(5)20-17/h6-12,18H,1-5H3,(H2,20,21,22,23)/t18-/m1/s1. The molecule has 2 aromatic rings. The molecule has 2 rings (SSSR count). The molecule has 1 heterocycles. The van der Waals surface area contributed by atoms with Gasteiger partial charge < -0.3 is 10.6 Å². The van der Waals surface area contributed by atoms with Gasteiger partial charge in [-0.3, -0.25) is 0 Å². The second kappa shape index (κ2) is 7.55. The highest BCUT2D eigenvalue weighted by atomic mass is 32.1. The molecule has 1 atom stereocenters.